The molecule has 15 nitrogen and oxygen atoms in total. The fourth-order valence-corrected chi connectivity index (χ4v) is 10.8. The van der Waals surface area contributed by atoms with Crippen molar-refractivity contribution in [3.8, 4) is 0 Å². The lowest BCUT2D eigenvalue weighted by atomic mass is 9.66. The summed E-state index contributed by atoms with van der Waals surface area (Å²) < 4.78 is 63.1. The summed E-state index contributed by atoms with van der Waals surface area (Å²) in [5.41, 5.74) is -1.36. The molecule has 7 rings (SSSR count). The number of allylic oxidation sites excluding steroid dienone is 2. The van der Waals surface area contributed by atoms with Crippen LogP contribution in [0.4, 0.5) is 0 Å². The van der Waals surface area contributed by atoms with Crippen molar-refractivity contribution < 1.29 is 72.3 Å². The molecule has 6 aliphatic heterocycles. The van der Waals surface area contributed by atoms with E-state index in [1.807, 2.05) is 32.9 Å². The van der Waals surface area contributed by atoms with E-state index < -0.39 is 115 Å². The minimum absolute atomic E-state index is 0.0819. The molecule has 63 heavy (non-hydrogen) atoms. The summed E-state index contributed by atoms with van der Waals surface area (Å²) in [6.07, 6.45) is 5.21. The van der Waals surface area contributed by atoms with Crippen molar-refractivity contribution in [1.82, 2.24) is 0 Å². The lowest BCUT2D eigenvalue weighted by Crippen LogP contribution is -2.61. The molecule has 1 spiro atoms. The van der Waals surface area contributed by atoms with Crippen LogP contribution in [0.2, 0.25) is 0 Å². The van der Waals surface area contributed by atoms with Crippen molar-refractivity contribution in [2.45, 2.75) is 198 Å². The molecule has 0 radical (unpaired) electrons. The fraction of sp³-hybridized carbons (Fsp3) is 0.792. The van der Waals surface area contributed by atoms with Crippen LogP contribution in [-0.2, 0) is 57.0 Å². The lowest BCUT2D eigenvalue weighted by molar-refractivity contribution is -0.318. The van der Waals surface area contributed by atoms with Crippen molar-refractivity contribution in [3.63, 3.8) is 0 Å². The van der Waals surface area contributed by atoms with E-state index >= 15 is 0 Å². The second kappa shape index (κ2) is 19.7. The molecule has 2 bridgehead atoms. The SMILES string of the molecule is CC[C@H](C)[C@H]1O[C@]2(C=C[C@@H]1C)C[C@@H]1C[C@@H](C/C=C(\C)[C@@H](OC3C[C@H](OC)[C@@H](OC4C[C@H](OC)[C@@H](O)[C@H](C)O4)[C@H](C)O3)[C@@H](C)/C=C/C=C3\C(=O)OC4C(O)C(C)C[C@@H](C(=O)O1)[C@]34O)O2. The standard InChI is InChI=1S/C48H72O15/c1-11-24(2)42-27(5)17-18-47(63-42)23-32-20-31(62-47)16-15-26(4)41(59-38-22-36(55-10)43(30(8)57-38)60-37-21-35(54-9)40(50)29(7)56-37)25(3)13-12-14-33-45(51)61-44-39(49)28(6)19-34(46(52)58-32)48(33,44)53/h12-15,17-18,24-25,27-32,34-44,49-50,53H,11,16,19-23H2,1-10H3/b13-12+,26-15+,33-14+/t24-,25-,27-,28?,29-,30-,31+,32-,34-,35-,36-,37?,38?,39?,40-,41-,42+,43-,44?,47+,48+/m0/s1. The van der Waals surface area contributed by atoms with Gasteiger partial charge in [-0.2, -0.15) is 0 Å². The molecular weight excluding hydrogens is 817 g/mol. The second-order valence-electron chi connectivity index (χ2n) is 19.4. The molecule has 4 saturated heterocycles. The summed E-state index contributed by atoms with van der Waals surface area (Å²) in [5.74, 6) is -4.19. The molecule has 1 saturated carbocycles. The molecule has 21 atom stereocenters. The van der Waals surface area contributed by atoms with Gasteiger partial charge in [0, 0.05) is 51.7 Å². The van der Waals surface area contributed by atoms with E-state index in [1.54, 1.807) is 34.1 Å². The van der Waals surface area contributed by atoms with Gasteiger partial charge in [-0.1, -0.05) is 65.3 Å². The van der Waals surface area contributed by atoms with Crippen molar-refractivity contribution >= 4 is 11.9 Å². The van der Waals surface area contributed by atoms with E-state index in [-0.39, 0.29) is 42.3 Å². The van der Waals surface area contributed by atoms with Crippen LogP contribution >= 0.6 is 0 Å². The van der Waals surface area contributed by atoms with Crippen molar-refractivity contribution in [2.24, 2.45) is 29.6 Å². The molecule has 5 unspecified atom stereocenters. The Kier molecular flexibility index (Phi) is 15.2. The number of carbonyl (C=O) groups excluding carboxylic acids is 2. The van der Waals surface area contributed by atoms with E-state index in [0.29, 0.717) is 25.7 Å². The molecule has 7 aliphatic rings. The monoisotopic (exact) mass is 888 g/mol. The third-order valence-electron chi connectivity index (χ3n) is 14.8. The first-order valence-corrected chi connectivity index (χ1v) is 23.2. The summed E-state index contributed by atoms with van der Waals surface area (Å²) >= 11 is 0. The van der Waals surface area contributed by atoms with Crippen LogP contribution in [0.1, 0.15) is 100 Å². The number of hydrogen-bond acceptors (Lipinski definition) is 15. The first-order valence-electron chi connectivity index (χ1n) is 23.2. The van der Waals surface area contributed by atoms with Crippen LogP contribution in [0.3, 0.4) is 0 Å². The second-order valence-corrected chi connectivity index (χ2v) is 19.4. The Hall–Kier alpha value is -2.54. The molecule has 0 aromatic rings. The van der Waals surface area contributed by atoms with E-state index in [9.17, 15) is 24.9 Å². The number of methoxy groups -OCH3 is 2. The highest BCUT2D eigenvalue weighted by Crippen LogP contribution is 2.49. The van der Waals surface area contributed by atoms with E-state index in [2.05, 4.69) is 32.9 Å². The quantitative estimate of drug-likeness (QED) is 0.219. The topological polar surface area (TPSA) is 187 Å². The van der Waals surface area contributed by atoms with Gasteiger partial charge in [0.25, 0.3) is 0 Å². The third kappa shape index (κ3) is 9.81. The van der Waals surface area contributed by atoms with Gasteiger partial charge in [-0.05, 0) is 63.2 Å². The van der Waals surface area contributed by atoms with Crippen molar-refractivity contribution in [1.29, 1.82) is 0 Å². The number of hydrogen-bond donors (Lipinski definition) is 3. The molecule has 0 amide bonds. The summed E-state index contributed by atoms with van der Waals surface area (Å²) in [7, 11) is 3.18. The maximum absolute atomic E-state index is 14.4. The van der Waals surface area contributed by atoms with Crippen molar-refractivity contribution in [2.75, 3.05) is 14.2 Å². The minimum Gasteiger partial charge on any atom is -0.462 e. The number of ether oxygens (including phenoxy) is 10. The molecule has 5 fully saturated rings. The van der Waals surface area contributed by atoms with Gasteiger partial charge in [-0.3, -0.25) is 4.79 Å². The first-order chi connectivity index (χ1) is 29.9. The van der Waals surface area contributed by atoms with Crippen LogP contribution < -0.4 is 0 Å². The van der Waals surface area contributed by atoms with Crippen molar-refractivity contribution in [3.05, 3.63) is 47.6 Å². The zero-order chi connectivity index (χ0) is 45.5. The van der Waals surface area contributed by atoms with E-state index in [1.165, 1.54) is 6.08 Å². The van der Waals surface area contributed by atoms with Gasteiger partial charge in [0.05, 0.1) is 60.3 Å². The van der Waals surface area contributed by atoms with E-state index in [4.69, 9.17) is 47.4 Å². The molecule has 354 valence electrons. The summed E-state index contributed by atoms with van der Waals surface area (Å²) in [6, 6.07) is 0. The lowest BCUT2D eigenvalue weighted by Gasteiger charge is -2.48. The Morgan fingerprint density at radius 2 is 1.54 bits per heavy atom. The molecule has 6 heterocycles. The average molecular weight is 889 g/mol. The highest BCUT2D eigenvalue weighted by Gasteiger charge is 2.66. The van der Waals surface area contributed by atoms with Crippen LogP contribution in [-0.4, -0.2) is 139 Å². The predicted octanol–water partition coefficient (Wildman–Crippen LogP) is 4.98. The molecule has 0 aromatic heterocycles. The number of rotatable bonds is 8. The third-order valence-corrected chi connectivity index (χ3v) is 14.8. The van der Waals surface area contributed by atoms with Crippen LogP contribution in [0.5, 0.6) is 0 Å². The van der Waals surface area contributed by atoms with E-state index in [0.717, 1.165) is 12.0 Å². The Morgan fingerprint density at radius 1 is 0.841 bits per heavy atom. The van der Waals surface area contributed by atoms with Crippen LogP contribution in [0.25, 0.3) is 0 Å². The van der Waals surface area contributed by atoms with Gasteiger partial charge < -0.3 is 62.7 Å². The number of esters is 2. The van der Waals surface area contributed by atoms with Gasteiger partial charge in [-0.25, -0.2) is 4.79 Å². The summed E-state index contributed by atoms with van der Waals surface area (Å²) in [4.78, 5) is 27.9. The van der Waals surface area contributed by atoms with Gasteiger partial charge in [0.2, 0.25) is 0 Å². The first kappa shape index (κ1) is 48.4. The van der Waals surface area contributed by atoms with Gasteiger partial charge in [-0.15, -0.1) is 0 Å². The zero-order valence-electron chi connectivity index (χ0n) is 38.6. The Labute approximate surface area is 372 Å². The van der Waals surface area contributed by atoms with Gasteiger partial charge in [0.15, 0.2) is 24.5 Å². The summed E-state index contributed by atoms with van der Waals surface area (Å²) in [6.45, 7) is 15.9. The maximum atomic E-state index is 14.4. The zero-order valence-corrected chi connectivity index (χ0v) is 38.6. The normalized spacial score (nSPS) is 49.7. The molecule has 15 heteroatoms. The Morgan fingerprint density at radius 3 is 2.25 bits per heavy atom. The molecule has 1 aliphatic carbocycles. The smallest absolute Gasteiger partial charge is 0.337 e. The molecular formula is C48H72O15. The average Bonchev–Trinajstić information content (AvgIpc) is 3.51. The Balaban J connectivity index is 1.19. The molecule has 0 aromatic carbocycles. The van der Waals surface area contributed by atoms with Crippen LogP contribution in [0.15, 0.2) is 47.6 Å². The highest BCUT2D eigenvalue weighted by molar-refractivity contribution is 5.96. The highest BCUT2D eigenvalue weighted by atomic mass is 16.7. The minimum atomic E-state index is -2.14. The maximum Gasteiger partial charge on any atom is 0.337 e. The molecule has 3 N–H and O–H groups in total. The fourth-order valence-electron chi connectivity index (χ4n) is 10.8. The van der Waals surface area contributed by atoms with Gasteiger partial charge >= 0.3 is 11.9 Å². The van der Waals surface area contributed by atoms with Crippen LogP contribution in [0, 0.1) is 29.6 Å². The summed E-state index contributed by atoms with van der Waals surface area (Å²) in [5, 5.41) is 34.3. The van der Waals surface area contributed by atoms with Gasteiger partial charge in [0.1, 0.15) is 23.9 Å². The largest absolute Gasteiger partial charge is 0.462 e. The number of fused-ring (bicyclic) bond motifs is 2. The number of aliphatic hydroxyl groups excluding tert-OH is 2. The Bertz CT molecular complexity index is 1750. The predicted molar refractivity (Wildman–Crippen MR) is 227 cm³/mol. The number of aliphatic hydroxyl groups is 3. The number of carbonyl (C=O) groups is 2.